The minimum Gasteiger partial charge on any atom is -0.495 e. The van der Waals surface area contributed by atoms with Gasteiger partial charge in [0, 0.05) is 32.2 Å². The Hall–Kier alpha value is -2.70. The lowest BCUT2D eigenvalue weighted by Gasteiger charge is -2.36. The molecule has 1 aromatic heterocycles. The third-order valence-corrected chi connectivity index (χ3v) is 3.67. The minimum atomic E-state index is -0.159. The molecule has 0 atom stereocenters. The number of nitrogens with one attached hydrogen (secondary N) is 1. The molecule has 7 heteroatoms. The number of ether oxygens (including phenoxy) is 1. The second-order valence-corrected chi connectivity index (χ2v) is 4.96. The van der Waals surface area contributed by atoms with Crippen LogP contribution in [0, 0.1) is 0 Å². The van der Waals surface area contributed by atoms with Gasteiger partial charge in [-0.05, 0) is 12.1 Å². The fourth-order valence-electron chi connectivity index (χ4n) is 2.51. The van der Waals surface area contributed by atoms with Gasteiger partial charge in [-0.1, -0.05) is 17.3 Å². The third kappa shape index (κ3) is 2.98. The molecule has 2 heterocycles. The highest BCUT2D eigenvalue weighted by Crippen LogP contribution is 2.28. The number of aromatic nitrogens is 1. The number of nitrogens with zero attached hydrogens (tertiary/aromatic N) is 3. The highest BCUT2D eigenvalue weighted by atomic mass is 16.5. The first-order chi connectivity index (χ1) is 10.8. The number of carbonyl (C=O) groups is 1. The zero-order chi connectivity index (χ0) is 15.4. The van der Waals surface area contributed by atoms with Crippen LogP contribution in [0.4, 0.5) is 16.3 Å². The molecule has 1 aliphatic rings. The lowest BCUT2D eigenvalue weighted by molar-refractivity contribution is 0.208. The number of rotatable bonds is 3. The van der Waals surface area contributed by atoms with Gasteiger partial charge in [0.25, 0.3) is 0 Å². The third-order valence-electron chi connectivity index (χ3n) is 3.67. The fraction of sp³-hybridized carbons (Fsp3) is 0.333. The van der Waals surface area contributed by atoms with Gasteiger partial charge in [-0.25, -0.2) is 4.79 Å². The van der Waals surface area contributed by atoms with Crippen LogP contribution in [-0.4, -0.2) is 49.4 Å². The number of benzene rings is 1. The molecule has 0 bridgehead atoms. The van der Waals surface area contributed by atoms with Crippen LogP contribution in [0.5, 0.6) is 5.75 Å². The number of carbonyl (C=O) groups excluding carboxylic acids is 1. The van der Waals surface area contributed by atoms with Crippen molar-refractivity contribution in [1.29, 1.82) is 0 Å². The Bertz CT molecular complexity index is 621. The van der Waals surface area contributed by atoms with Gasteiger partial charge in [-0.15, -0.1) is 0 Å². The lowest BCUT2D eigenvalue weighted by atomic mass is 10.2. The second kappa shape index (κ2) is 6.38. The van der Waals surface area contributed by atoms with Crippen LogP contribution in [0.15, 0.2) is 41.1 Å². The monoisotopic (exact) mass is 302 g/mol. The number of anilines is 2. The quantitative estimate of drug-likeness (QED) is 0.939. The lowest BCUT2D eigenvalue weighted by Crippen LogP contribution is -2.50. The molecule has 116 valence electrons. The Kier molecular flexibility index (Phi) is 4.13. The first-order valence-corrected chi connectivity index (χ1v) is 7.12. The van der Waals surface area contributed by atoms with Crippen LogP contribution in [0.1, 0.15) is 0 Å². The van der Waals surface area contributed by atoms with Crippen LogP contribution in [0.3, 0.4) is 0 Å². The number of urea groups is 1. The van der Waals surface area contributed by atoms with Gasteiger partial charge in [0.1, 0.15) is 12.0 Å². The predicted octanol–water partition coefficient (Wildman–Crippen LogP) is 2.04. The van der Waals surface area contributed by atoms with E-state index < -0.39 is 0 Å². The van der Waals surface area contributed by atoms with Crippen molar-refractivity contribution in [1.82, 2.24) is 10.1 Å². The summed E-state index contributed by atoms with van der Waals surface area (Å²) in [5.74, 6) is 1.28. The Balaban J connectivity index is 1.59. The topological polar surface area (TPSA) is 70.8 Å². The summed E-state index contributed by atoms with van der Waals surface area (Å²) >= 11 is 0. The van der Waals surface area contributed by atoms with Crippen molar-refractivity contribution in [2.75, 3.05) is 43.5 Å². The summed E-state index contributed by atoms with van der Waals surface area (Å²) in [6.45, 7) is 2.79. The zero-order valence-corrected chi connectivity index (χ0v) is 12.4. The first kappa shape index (κ1) is 14.2. The van der Waals surface area contributed by atoms with Crippen molar-refractivity contribution in [2.45, 2.75) is 0 Å². The number of amides is 2. The highest BCUT2D eigenvalue weighted by molar-refractivity contribution is 5.88. The minimum absolute atomic E-state index is 0.159. The van der Waals surface area contributed by atoms with E-state index in [9.17, 15) is 4.79 Å². The van der Waals surface area contributed by atoms with E-state index in [1.807, 2.05) is 24.3 Å². The fourth-order valence-corrected chi connectivity index (χ4v) is 2.51. The molecular weight excluding hydrogens is 284 g/mol. The second-order valence-electron chi connectivity index (χ2n) is 4.96. The van der Waals surface area contributed by atoms with Crippen molar-refractivity contribution in [3.63, 3.8) is 0 Å². The molecule has 2 aromatic rings. The van der Waals surface area contributed by atoms with E-state index in [2.05, 4.69) is 15.4 Å². The van der Waals surface area contributed by atoms with Crippen molar-refractivity contribution in [3.8, 4) is 5.75 Å². The maximum Gasteiger partial charge on any atom is 0.323 e. The zero-order valence-electron chi connectivity index (χ0n) is 12.4. The molecule has 0 spiro atoms. The van der Waals surface area contributed by atoms with Crippen molar-refractivity contribution in [3.05, 3.63) is 36.6 Å². The molecular formula is C15H18N4O3. The summed E-state index contributed by atoms with van der Waals surface area (Å²) in [7, 11) is 1.67. The Labute approximate surface area is 128 Å². The van der Waals surface area contributed by atoms with Gasteiger partial charge in [0.2, 0.25) is 0 Å². The Morgan fingerprint density at radius 3 is 2.68 bits per heavy atom. The SMILES string of the molecule is COc1ccccc1N1CCN(C(=O)Nc2ccon2)CC1. The van der Waals surface area contributed by atoms with Crippen molar-refractivity contribution in [2.24, 2.45) is 0 Å². The van der Waals surface area contributed by atoms with E-state index >= 15 is 0 Å². The normalized spacial score (nSPS) is 14.8. The van der Waals surface area contributed by atoms with E-state index in [4.69, 9.17) is 9.26 Å². The van der Waals surface area contributed by atoms with E-state index in [0.717, 1.165) is 24.5 Å². The summed E-state index contributed by atoms with van der Waals surface area (Å²) in [6, 6.07) is 9.37. The smallest absolute Gasteiger partial charge is 0.323 e. The van der Waals surface area contributed by atoms with Crippen LogP contribution in [-0.2, 0) is 0 Å². The largest absolute Gasteiger partial charge is 0.495 e. The number of hydrogen-bond acceptors (Lipinski definition) is 5. The van der Waals surface area contributed by atoms with Crippen LogP contribution < -0.4 is 15.0 Å². The van der Waals surface area contributed by atoms with E-state index in [1.165, 1.54) is 6.26 Å². The average molecular weight is 302 g/mol. The Morgan fingerprint density at radius 2 is 2.00 bits per heavy atom. The molecule has 1 aliphatic heterocycles. The molecule has 0 aliphatic carbocycles. The van der Waals surface area contributed by atoms with E-state index in [0.29, 0.717) is 18.9 Å². The van der Waals surface area contributed by atoms with E-state index in [-0.39, 0.29) is 6.03 Å². The van der Waals surface area contributed by atoms with Gasteiger partial charge >= 0.3 is 6.03 Å². The Morgan fingerprint density at radius 1 is 1.23 bits per heavy atom. The molecule has 3 rings (SSSR count). The van der Waals surface area contributed by atoms with Gasteiger partial charge in [0.15, 0.2) is 5.82 Å². The number of para-hydroxylation sites is 2. The summed E-state index contributed by atoms with van der Waals surface area (Å²) in [5.41, 5.74) is 1.06. The predicted molar refractivity (Wildman–Crippen MR) is 82.3 cm³/mol. The summed E-state index contributed by atoms with van der Waals surface area (Å²) < 4.78 is 10.1. The molecule has 0 unspecified atom stereocenters. The summed E-state index contributed by atoms with van der Waals surface area (Å²) in [5, 5.41) is 6.38. The first-order valence-electron chi connectivity index (χ1n) is 7.12. The number of hydrogen-bond donors (Lipinski definition) is 1. The molecule has 22 heavy (non-hydrogen) atoms. The molecule has 0 saturated carbocycles. The molecule has 0 radical (unpaired) electrons. The molecule has 1 N–H and O–H groups in total. The van der Waals surface area contributed by atoms with Gasteiger partial charge < -0.3 is 19.1 Å². The van der Waals surface area contributed by atoms with Gasteiger partial charge in [-0.2, -0.15) is 0 Å². The van der Waals surface area contributed by atoms with Gasteiger partial charge in [-0.3, -0.25) is 5.32 Å². The maximum absolute atomic E-state index is 12.1. The maximum atomic E-state index is 12.1. The standard InChI is InChI=1S/C15H18N4O3/c1-21-13-5-3-2-4-12(13)18-7-9-19(10-8-18)15(20)16-14-6-11-22-17-14/h2-6,11H,7-10H2,1H3,(H,16,17,20). The summed E-state index contributed by atoms with van der Waals surface area (Å²) in [6.07, 6.45) is 1.43. The van der Waals surface area contributed by atoms with Crippen molar-refractivity contribution < 1.29 is 14.1 Å². The van der Waals surface area contributed by atoms with Crippen LogP contribution in [0.2, 0.25) is 0 Å². The molecule has 2 amide bonds. The van der Waals surface area contributed by atoms with Crippen molar-refractivity contribution >= 4 is 17.5 Å². The molecule has 7 nitrogen and oxygen atoms in total. The van der Waals surface area contributed by atoms with Crippen LogP contribution >= 0.6 is 0 Å². The average Bonchev–Trinajstić information content (AvgIpc) is 3.08. The number of methoxy groups -OCH3 is 1. The van der Waals surface area contributed by atoms with E-state index in [1.54, 1.807) is 18.1 Å². The molecule has 1 fully saturated rings. The highest BCUT2D eigenvalue weighted by Gasteiger charge is 2.23. The summed E-state index contributed by atoms with van der Waals surface area (Å²) in [4.78, 5) is 16.1. The van der Waals surface area contributed by atoms with Crippen LogP contribution in [0.25, 0.3) is 0 Å². The molecule has 1 saturated heterocycles. The molecule has 1 aromatic carbocycles. The van der Waals surface area contributed by atoms with Gasteiger partial charge in [0.05, 0.1) is 12.8 Å². The number of piperazine rings is 1.